The summed E-state index contributed by atoms with van der Waals surface area (Å²) in [4.78, 5) is 5.47. The summed E-state index contributed by atoms with van der Waals surface area (Å²) in [7, 11) is 1.82. The lowest BCUT2D eigenvalue weighted by molar-refractivity contribution is -0.149. The smallest absolute Gasteiger partial charge is 0.0677 e. The first-order valence-electron chi connectivity index (χ1n) is 7.60. The van der Waals surface area contributed by atoms with Crippen molar-refractivity contribution in [3.63, 3.8) is 0 Å². The Morgan fingerprint density at radius 1 is 1.50 bits per heavy atom. The highest BCUT2D eigenvalue weighted by Gasteiger charge is 2.45. The molecule has 0 spiro atoms. The minimum Gasteiger partial charge on any atom is -0.384 e. The molecule has 0 amide bonds. The van der Waals surface area contributed by atoms with Crippen LogP contribution in [0.1, 0.15) is 29.0 Å². The molecule has 2 atom stereocenters. The summed E-state index contributed by atoms with van der Waals surface area (Å²) in [5, 5.41) is 0. The molecule has 20 heavy (non-hydrogen) atoms. The van der Waals surface area contributed by atoms with Crippen LogP contribution in [-0.2, 0) is 16.0 Å². The van der Waals surface area contributed by atoms with Crippen LogP contribution >= 0.6 is 11.3 Å². The molecule has 0 N–H and O–H groups in total. The summed E-state index contributed by atoms with van der Waals surface area (Å²) < 4.78 is 11.6. The fourth-order valence-corrected chi connectivity index (χ4v) is 4.74. The van der Waals surface area contributed by atoms with E-state index in [0.717, 1.165) is 39.3 Å². The van der Waals surface area contributed by atoms with Gasteiger partial charge in [-0.05, 0) is 38.3 Å². The van der Waals surface area contributed by atoms with Crippen molar-refractivity contribution < 1.29 is 9.47 Å². The normalized spacial score (nSPS) is 31.2. The van der Waals surface area contributed by atoms with Gasteiger partial charge in [-0.2, -0.15) is 0 Å². The predicted octanol–water partition coefficient (Wildman–Crippen LogP) is 3.07. The Bertz CT molecular complexity index is 443. The molecule has 2 fully saturated rings. The molecule has 2 saturated heterocycles. The minimum absolute atomic E-state index is 0.220. The van der Waals surface area contributed by atoms with Gasteiger partial charge in [0, 0.05) is 48.5 Å². The molecule has 0 radical (unpaired) electrons. The van der Waals surface area contributed by atoms with Gasteiger partial charge >= 0.3 is 0 Å². The molecule has 3 rings (SSSR count). The SMILES string of the molecule is COC[C@]12CCCO[C@@H]1CCN(Cc1ccc(C)s1)C2. The third-order valence-corrected chi connectivity index (χ3v) is 5.66. The molecule has 0 bridgehead atoms. The van der Waals surface area contributed by atoms with Gasteiger partial charge < -0.3 is 9.47 Å². The van der Waals surface area contributed by atoms with Gasteiger partial charge in [0.2, 0.25) is 0 Å². The van der Waals surface area contributed by atoms with E-state index in [1.807, 2.05) is 18.4 Å². The fraction of sp³-hybridized carbons (Fsp3) is 0.750. The molecular formula is C16H25NO2S. The summed E-state index contributed by atoms with van der Waals surface area (Å²) in [5.41, 5.74) is 0.220. The summed E-state index contributed by atoms with van der Waals surface area (Å²) in [6.45, 7) is 7.28. The fourth-order valence-electron chi connectivity index (χ4n) is 3.81. The standard InChI is InChI=1S/C16H25NO2S/c1-13-4-5-14(20-13)10-17-8-6-15-16(11-17,12-18-2)7-3-9-19-15/h4-5,15H,3,6-12H2,1-2H3/t15-,16-/m1/s1. The van der Waals surface area contributed by atoms with Gasteiger partial charge in [-0.1, -0.05) is 0 Å². The van der Waals surface area contributed by atoms with Gasteiger partial charge in [0.25, 0.3) is 0 Å². The van der Waals surface area contributed by atoms with E-state index in [9.17, 15) is 0 Å². The number of aryl methyl sites for hydroxylation is 1. The van der Waals surface area contributed by atoms with Crippen LogP contribution in [-0.4, -0.2) is 44.4 Å². The van der Waals surface area contributed by atoms with E-state index in [0.29, 0.717) is 6.10 Å². The topological polar surface area (TPSA) is 21.7 Å². The molecule has 0 aliphatic carbocycles. The second-order valence-corrected chi connectivity index (χ2v) is 7.64. The first kappa shape index (κ1) is 14.5. The Hall–Kier alpha value is -0.420. The number of hydrogen-bond acceptors (Lipinski definition) is 4. The molecule has 0 unspecified atom stereocenters. The van der Waals surface area contributed by atoms with E-state index < -0.39 is 0 Å². The van der Waals surface area contributed by atoms with Crippen molar-refractivity contribution in [2.75, 3.05) is 33.4 Å². The minimum atomic E-state index is 0.220. The Morgan fingerprint density at radius 3 is 3.15 bits per heavy atom. The lowest BCUT2D eigenvalue weighted by atomic mass is 9.73. The van der Waals surface area contributed by atoms with Crippen molar-refractivity contribution in [3.05, 3.63) is 21.9 Å². The number of ether oxygens (including phenoxy) is 2. The largest absolute Gasteiger partial charge is 0.384 e. The van der Waals surface area contributed by atoms with Crippen LogP contribution in [0.15, 0.2) is 12.1 Å². The van der Waals surface area contributed by atoms with E-state index in [1.165, 1.54) is 22.6 Å². The molecule has 0 aromatic carbocycles. The van der Waals surface area contributed by atoms with E-state index in [2.05, 4.69) is 24.0 Å². The lowest BCUT2D eigenvalue weighted by Crippen LogP contribution is -2.56. The van der Waals surface area contributed by atoms with Crippen molar-refractivity contribution in [2.24, 2.45) is 5.41 Å². The van der Waals surface area contributed by atoms with Gasteiger partial charge in [-0.3, -0.25) is 4.90 Å². The Balaban J connectivity index is 1.69. The summed E-state index contributed by atoms with van der Waals surface area (Å²) in [5.74, 6) is 0. The number of rotatable bonds is 4. The van der Waals surface area contributed by atoms with Crippen LogP contribution in [0.2, 0.25) is 0 Å². The van der Waals surface area contributed by atoms with Crippen molar-refractivity contribution in [2.45, 2.75) is 38.8 Å². The maximum atomic E-state index is 6.04. The van der Waals surface area contributed by atoms with E-state index in [-0.39, 0.29) is 5.41 Å². The molecule has 2 aliphatic heterocycles. The molecular weight excluding hydrogens is 270 g/mol. The van der Waals surface area contributed by atoms with Gasteiger partial charge in [0.1, 0.15) is 0 Å². The Kier molecular flexibility index (Phi) is 4.46. The van der Waals surface area contributed by atoms with Crippen molar-refractivity contribution in [1.82, 2.24) is 4.90 Å². The summed E-state index contributed by atoms with van der Waals surface area (Å²) in [6.07, 6.45) is 3.96. The Morgan fingerprint density at radius 2 is 2.40 bits per heavy atom. The Labute approximate surface area is 125 Å². The molecule has 3 nitrogen and oxygen atoms in total. The van der Waals surface area contributed by atoms with Crippen LogP contribution in [0.3, 0.4) is 0 Å². The second-order valence-electron chi connectivity index (χ2n) is 6.27. The van der Waals surface area contributed by atoms with Gasteiger partial charge in [0.15, 0.2) is 0 Å². The third-order valence-electron chi connectivity index (χ3n) is 4.67. The summed E-state index contributed by atoms with van der Waals surface area (Å²) >= 11 is 1.92. The molecule has 1 aromatic rings. The average molecular weight is 295 g/mol. The summed E-state index contributed by atoms with van der Waals surface area (Å²) in [6, 6.07) is 4.49. The molecule has 3 heterocycles. The van der Waals surface area contributed by atoms with E-state index >= 15 is 0 Å². The first-order chi connectivity index (χ1) is 9.72. The zero-order chi connectivity index (χ0) is 14.0. The number of fused-ring (bicyclic) bond motifs is 1. The number of thiophene rings is 1. The lowest BCUT2D eigenvalue weighted by Gasteiger charge is -2.50. The molecule has 1 aromatic heterocycles. The number of hydrogen-bond donors (Lipinski definition) is 0. The van der Waals surface area contributed by atoms with Gasteiger partial charge in [0.05, 0.1) is 12.7 Å². The van der Waals surface area contributed by atoms with Gasteiger partial charge in [-0.15, -0.1) is 11.3 Å². The van der Waals surface area contributed by atoms with Crippen molar-refractivity contribution in [1.29, 1.82) is 0 Å². The van der Waals surface area contributed by atoms with Crippen LogP contribution in [0.25, 0.3) is 0 Å². The van der Waals surface area contributed by atoms with Crippen LogP contribution < -0.4 is 0 Å². The monoisotopic (exact) mass is 295 g/mol. The van der Waals surface area contributed by atoms with Crippen molar-refractivity contribution in [3.8, 4) is 0 Å². The van der Waals surface area contributed by atoms with Crippen LogP contribution in [0.5, 0.6) is 0 Å². The zero-order valence-corrected chi connectivity index (χ0v) is 13.4. The highest BCUT2D eigenvalue weighted by Crippen LogP contribution is 2.40. The molecule has 4 heteroatoms. The van der Waals surface area contributed by atoms with Crippen molar-refractivity contribution >= 4 is 11.3 Å². The second kappa shape index (κ2) is 6.14. The van der Waals surface area contributed by atoms with E-state index in [4.69, 9.17) is 9.47 Å². The maximum absolute atomic E-state index is 6.04. The molecule has 2 aliphatic rings. The number of likely N-dealkylation sites (tertiary alicyclic amines) is 1. The zero-order valence-electron chi connectivity index (χ0n) is 12.6. The third kappa shape index (κ3) is 2.93. The predicted molar refractivity (Wildman–Crippen MR) is 82.2 cm³/mol. The van der Waals surface area contributed by atoms with Crippen LogP contribution in [0, 0.1) is 12.3 Å². The van der Waals surface area contributed by atoms with Gasteiger partial charge in [-0.25, -0.2) is 0 Å². The van der Waals surface area contributed by atoms with E-state index in [1.54, 1.807) is 0 Å². The number of piperidine rings is 1. The quantitative estimate of drug-likeness (QED) is 0.852. The number of methoxy groups -OCH3 is 1. The first-order valence-corrected chi connectivity index (χ1v) is 8.42. The highest BCUT2D eigenvalue weighted by molar-refractivity contribution is 7.11. The maximum Gasteiger partial charge on any atom is 0.0677 e. The highest BCUT2D eigenvalue weighted by atomic mass is 32.1. The molecule has 0 saturated carbocycles. The number of nitrogens with zero attached hydrogens (tertiary/aromatic N) is 1. The van der Waals surface area contributed by atoms with Crippen LogP contribution in [0.4, 0.5) is 0 Å². The molecule has 112 valence electrons. The average Bonchev–Trinajstić information content (AvgIpc) is 2.84.